The lowest BCUT2D eigenvalue weighted by atomic mass is 10.3. The van der Waals surface area contributed by atoms with Gasteiger partial charge in [0.15, 0.2) is 0 Å². The highest BCUT2D eigenvalue weighted by molar-refractivity contribution is 6.29. The minimum atomic E-state index is -0.0562. The third-order valence-corrected chi connectivity index (χ3v) is 2.72. The number of amides is 1. The number of hydrogen-bond acceptors (Lipinski definition) is 3. The zero-order chi connectivity index (χ0) is 11.5. The molecule has 0 saturated heterocycles. The van der Waals surface area contributed by atoms with Crippen molar-refractivity contribution in [2.24, 2.45) is 0 Å². The van der Waals surface area contributed by atoms with Gasteiger partial charge in [0.05, 0.1) is 12.4 Å². The summed E-state index contributed by atoms with van der Waals surface area (Å²) in [6, 6.07) is 0.397. The van der Waals surface area contributed by atoms with Crippen LogP contribution in [-0.2, 0) is 0 Å². The van der Waals surface area contributed by atoms with Crippen LogP contribution in [0, 0.1) is 0 Å². The largest absolute Gasteiger partial charge is 0.334 e. The molecule has 0 aliphatic heterocycles. The van der Waals surface area contributed by atoms with Gasteiger partial charge in [-0.3, -0.25) is 9.78 Å². The lowest BCUT2D eigenvalue weighted by molar-refractivity contribution is 0.0736. The molecular formula is C11H14ClN3O. The Hall–Kier alpha value is -1.16. The molecule has 1 aromatic heterocycles. The van der Waals surface area contributed by atoms with E-state index in [-0.39, 0.29) is 11.1 Å². The first-order valence-electron chi connectivity index (χ1n) is 5.51. The predicted molar refractivity (Wildman–Crippen MR) is 61.4 cm³/mol. The van der Waals surface area contributed by atoms with Crippen molar-refractivity contribution in [3.8, 4) is 0 Å². The van der Waals surface area contributed by atoms with Crippen LogP contribution in [-0.4, -0.2) is 33.4 Å². The van der Waals surface area contributed by atoms with E-state index >= 15 is 0 Å². The van der Waals surface area contributed by atoms with Gasteiger partial charge in [0.2, 0.25) is 0 Å². The van der Waals surface area contributed by atoms with Gasteiger partial charge in [0, 0.05) is 12.6 Å². The van der Waals surface area contributed by atoms with E-state index in [9.17, 15) is 4.79 Å². The first-order chi connectivity index (χ1) is 7.72. The van der Waals surface area contributed by atoms with E-state index in [4.69, 9.17) is 11.6 Å². The third-order valence-electron chi connectivity index (χ3n) is 2.54. The Morgan fingerprint density at radius 1 is 1.56 bits per heavy atom. The molecule has 1 aliphatic rings. The van der Waals surface area contributed by atoms with Crippen LogP contribution in [0.15, 0.2) is 12.4 Å². The molecule has 0 spiro atoms. The van der Waals surface area contributed by atoms with E-state index in [0.29, 0.717) is 11.7 Å². The van der Waals surface area contributed by atoms with Crippen LogP contribution < -0.4 is 0 Å². The van der Waals surface area contributed by atoms with Gasteiger partial charge >= 0.3 is 0 Å². The van der Waals surface area contributed by atoms with Crippen molar-refractivity contribution in [3.05, 3.63) is 23.2 Å². The van der Waals surface area contributed by atoms with E-state index in [1.807, 2.05) is 4.90 Å². The van der Waals surface area contributed by atoms with Crippen LogP contribution in [0.5, 0.6) is 0 Å². The van der Waals surface area contributed by atoms with E-state index < -0.39 is 0 Å². The number of carbonyl (C=O) groups excluding carboxylic acids is 1. The molecule has 0 bridgehead atoms. The minimum Gasteiger partial charge on any atom is -0.334 e. The maximum atomic E-state index is 12.1. The second-order valence-corrected chi connectivity index (χ2v) is 4.34. The van der Waals surface area contributed by atoms with Crippen LogP contribution in [0.3, 0.4) is 0 Å². The molecule has 1 aromatic rings. The van der Waals surface area contributed by atoms with E-state index in [1.54, 1.807) is 0 Å². The second kappa shape index (κ2) is 4.78. The van der Waals surface area contributed by atoms with Gasteiger partial charge in [-0.25, -0.2) is 4.98 Å². The molecule has 2 rings (SSSR count). The van der Waals surface area contributed by atoms with E-state index in [0.717, 1.165) is 25.8 Å². The zero-order valence-corrected chi connectivity index (χ0v) is 9.94. The number of halogens is 1. The Morgan fingerprint density at radius 3 is 2.88 bits per heavy atom. The molecule has 0 radical (unpaired) electrons. The average Bonchev–Trinajstić information content (AvgIpc) is 3.09. The van der Waals surface area contributed by atoms with Crippen LogP contribution in [0.2, 0.25) is 5.15 Å². The highest BCUT2D eigenvalue weighted by Gasteiger charge is 2.33. The molecule has 4 nitrogen and oxygen atoms in total. The summed E-state index contributed by atoms with van der Waals surface area (Å²) in [5, 5.41) is 0.262. The molecule has 86 valence electrons. The van der Waals surface area contributed by atoms with Crippen molar-refractivity contribution in [1.29, 1.82) is 0 Å². The van der Waals surface area contributed by atoms with E-state index in [1.165, 1.54) is 12.4 Å². The Labute approximate surface area is 99.6 Å². The van der Waals surface area contributed by atoms with Gasteiger partial charge in [-0.2, -0.15) is 0 Å². The first-order valence-corrected chi connectivity index (χ1v) is 5.88. The summed E-state index contributed by atoms with van der Waals surface area (Å²) in [6.45, 7) is 2.84. The molecular weight excluding hydrogens is 226 g/mol. The molecule has 1 heterocycles. The lowest BCUT2D eigenvalue weighted by Gasteiger charge is -2.20. The molecule has 1 fully saturated rings. The highest BCUT2D eigenvalue weighted by atomic mass is 35.5. The Balaban J connectivity index is 2.15. The van der Waals surface area contributed by atoms with Crippen molar-refractivity contribution in [2.45, 2.75) is 32.2 Å². The fourth-order valence-corrected chi connectivity index (χ4v) is 1.82. The van der Waals surface area contributed by atoms with Gasteiger partial charge in [0.25, 0.3) is 5.91 Å². The Kier molecular flexibility index (Phi) is 3.39. The summed E-state index contributed by atoms with van der Waals surface area (Å²) >= 11 is 5.72. The SMILES string of the molecule is CCCN(C(=O)c1cncc(Cl)n1)C1CC1. The maximum absolute atomic E-state index is 12.1. The number of aromatic nitrogens is 2. The molecule has 16 heavy (non-hydrogen) atoms. The van der Waals surface area contributed by atoms with Crippen LogP contribution in [0.25, 0.3) is 0 Å². The lowest BCUT2D eigenvalue weighted by Crippen LogP contribution is -2.34. The van der Waals surface area contributed by atoms with Crippen molar-refractivity contribution in [3.63, 3.8) is 0 Å². The predicted octanol–water partition coefficient (Wildman–Crippen LogP) is 2.14. The average molecular weight is 240 g/mol. The van der Waals surface area contributed by atoms with Crippen LogP contribution in [0.4, 0.5) is 0 Å². The number of nitrogens with zero attached hydrogens (tertiary/aromatic N) is 3. The quantitative estimate of drug-likeness (QED) is 0.809. The topological polar surface area (TPSA) is 46.1 Å². The molecule has 0 atom stereocenters. The smallest absolute Gasteiger partial charge is 0.274 e. The molecule has 1 amide bonds. The Bertz CT molecular complexity index is 393. The summed E-state index contributed by atoms with van der Waals surface area (Å²) < 4.78 is 0. The molecule has 1 aliphatic carbocycles. The molecule has 1 saturated carbocycles. The molecule has 0 unspecified atom stereocenters. The highest BCUT2D eigenvalue weighted by Crippen LogP contribution is 2.28. The summed E-state index contributed by atoms with van der Waals surface area (Å²) in [5.41, 5.74) is 0.341. The molecule has 5 heteroatoms. The monoisotopic (exact) mass is 239 g/mol. The number of hydrogen-bond donors (Lipinski definition) is 0. The van der Waals surface area contributed by atoms with Gasteiger partial charge in [-0.05, 0) is 19.3 Å². The van der Waals surface area contributed by atoms with Crippen molar-refractivity contribution < 1.29 is 4.79 Å². The van der Waals surface area contributed by atoms with Crippen molar-refractivity contribution >= 4 is 17.5 Å². The normalized spacial score (nSPS) is 14.9. The standard InChI is InChI=1S/C11H14ClN3O/c1-2-5-15(8-3-4-8)11(16)9-6-13-7-10(12)14-9/h6-8H,2-5H2,1H3. The van der Waals surface area contributed by atoms with Gasteiger partial charge in [-0.1, -0.05) is 18.5 Å². The van der Waals surface area contributed by atoms with E-state index in [2.05, 4.69) is 16.9 Å². The van der Waals surface area contributed by atoms with Crippen LogP contribution in [0.1, 0.15) is 36.7 Å². The number of rotatable bonds is 4. The fraction of sp³-hybridized carbons (Fsp3) is 0.545. The van der Waals surface area contributed by atoms with Gasteiger partial charge in [-0.15, -0.1) is 0 Å². The maximum Gasteiger partial charge on any atom is 0.274 e. The minimum absolute atomic E-state index is 0.0562. The summed E-state index contributed by atoms with van der Waals surface area (Å²) in [7, 11) is 0. The van der Waals surface area contributed by atoms with Crippen molar-refractivity contribution in [2.75, 3.05) is 6.54 Å². The first kappa shape index (κ1) is 11.3. The third kappa shape index (κ3) is 2.50. The van der Waals surface area contributed by atoms with Gasteiger partial charge < -0.3 is 4.90 Å². The van der Waals surface area contributed by atoms with Gasteiger partial charge in [0.1, 0.15) is 10.8 Å². The van der Waals surface area contributed by atoms with Crippen LogP contribution >= 0.6 is 11.6 Å². The zero-order valence-electron chi connectivity index (χ0n) is 9.19. The number of carbonyl (C=O) groups is 1. The summed E-state index contributed by atoms with van der Waals surface area (Å²) in [5.74, 6) is -0.0562. The Morgan fingerprint density at radius 2 is 2.31 bits per heavy atom. The van der Waals surface area contributed by atoms with Crippen molar-refractivity contribution in [1.82, 2.24) is 14.9 Å². The summed E-state index contributed by atoms with van der Waals surface area (Å²) in [4.78, 5) is 21.9. The molecule has 0 aromatic carbocycles. The second-order valence-electron chi connectivity index (χ2n) is 3.96. The fourth-order valence-electron chi connectivity index (χ4n) is 1.67. The molecule has 0 N–H and O–H groups in total. The summed E-state index contributed by atoms with van der Waals surface area (Å²) in [6.07, 6.45) is 6.05.